The quantitative estimate of drug-likeness (QED) is 0.377. The van der Waals surface area contributed by atoms with Crippen LogP contribution in [0.25, 0.3) is 0 Å². The maximum absolute atomic E-state index is 11.2. The maximum atomic E-state index is 11.2. The van der Waals surface area contributed by atoms with Gasteiger partial charge in [0.15, 0.2) is 6.29 Å². The van der Waals surface area contributed by atoms with Crippen LogP contribution < -0.4 is 5.32 Å². The zero-order valence-electron chi connectivity index (χ0n) is 8.28. The summed E-state index contributed by atoms with van der Waals surface area (Å²) in [7, 11) is 0. The van der Waals surface area contributed by atoms with Crippen LogP contribution in [0.15, 0.2) is 0 Å². The molecule has 0 aliphatic carbocycles. The first-order valence-corrected chi connectivity index (χ1v) is 5.05. The number of likely N-dealkylation sites (tertiary alicyclic amines) is 1. The summed E-state index contributed by atoms with van der Waals surface area (Å²) in [6.07, 6.45) is 0.730. The van der Waals surface area contributed by atoms with Gasteiger partial charge in [-0.2, -0.15) is 0 Å². The number of amides is 1. The average Bonchev–Trinajstić information content (AvgIpc) is 2.51. The minimum Gasteiger partial charge on any atom is -0.368 e. The van der Waals surface area contributed by atoms with Crippen molar-refractivity contribution in [2.75, 3.05) is 26.2 Å². The fourth-order valence-corrected chi connectivity index (χ4v) is 1.51. The summed E-state index contributed by atoms with van der Waals surface area (Å²) in [5, 5.41) is 20.2. The summed E-state index contributed by atoms with van der Waals surface area (Å²) >= 11 is 0. The summed E-state index contributed by atoms with van der Waals surface area (Å²) in [5.41, 5.74) is 0. The highest BCUT2D eigenvalue weighted by molar-refractivity contribution is 5.78. The first-order chi connectivity index (χ1) is 6.70. The van der Waals surface area contributed by atoms with Gasteiger partial charge in [-0.15, -0.1) is 0 Å². The van der Waals surface area contributed by atoms with Gasteiger partial charge in [0.05, 0.1) is 0 Å². The second-order valence-corrected chi connectivity index (χ2v) is 3.50. The Bertz CT molecular complexity index is 185. The SMILES string of the molecule is O=C1CCCN1CCNCCC(O)O. The van der Waals surface area contributed by atoms with Crippen molar-refractivity contribution in [3.63, 3.8) is 0 Å². The Kier molecular flexibility index (Phi) is 4.86. The van der Waals surface area contributed by atoms with Gasteiger partial charge < -0.3 is 20.4 Å². The average molecular weight is 202 g/mol. The number of carbonyl (C=O) groups excluding carboxylic acids is 1. The van der Waals surface area contributed by atoms with Crippen molar-refractivity contribution in [1.82, 2.24) is 10.2 Å². The van der Waals surface area contributed by atoms with Crippen LogP contribution in [0.3, 0.4) is 0 Å². The van der Waals surface area contributed by atoms with Crippen LogP contribution in [0.1, 0.15) is 19.3 Å². The number of nitrogens with zero attached hydrogens (tertiary/aromatic N) is 1. The molecule has 0 atom stereocenters. The van der Waals surface area contributed by atoms with Gasteiger partial charge in [-0.05, 0) is 6.42 Å². The van der Waals surface area contributed by atoms with E-state index in [1.807, 2.05) is 4.90 Å². The van der Waals surface area contributed by atoms with Gasteiger partial charge >= 0.3 is 0 Å². The third-order valence-electron chi connectivity index (χ3n) is 2.31. The number of rotatable bonds is 6. The van der Waals surface area contributed by atoms with Crippen LogP contribution in [0.2, 0.25) is 0 Å². The Morgan fingerprint density at radius 3 is 2.79 bits per heavy atom. The van der Waals surface area contributed by atoms with E-state index in [1.165, 1.54) is 0 Å². The molecule has 14 heavy (non-hydrogen) atoms. The highest BCUT2D eigenvalue weighted by Crippen LogP contribution is 2.07. The summed E-state index contributed by atoms with van der Waals surface area (Å²) in [4.78, 5) is 13.0. The monoisotopic (exact) mass is 202 g/mol. The molecule has 0 spiro atoms. The van der Waals surface area contributed by atoms with Crippen LogP contribution >= 0.6 is 0 Å². The number of aliphatic hydroxyl groups is 2. The van der Waals surface area contributed by atoms with E-state index in [2.05, 4.69) is 5.32 Å². The van der Waals surface area contributed by atoms with Crippen LogP contribution in [-0.4, -0.2) is 53.5 Å². The molecule has 1 saturated heterocycles. The van der Waals surface area contributed by atoms with Crippen molar-refractivity contribution >= 4 is 5.91 Å². The molecular weight excluding hydrogens is 184 g/mol. The summed E-state index contributed by atoms with van der Waals surface area (Å²) in [5.74, 6) is 0.231. The fraction of sp³-hybridized carbons (Fsp3) is 0.889. The zero-order chi connectivity index (χ0) is 10.4. The molecule has 1 heterocycles. The van der Waals surface area contributed by atoms with Crippen LogP contribution in [0, 0.1) is 0 Å². The largest absolute Gasteiger partial charge is 0.368 e. The minimum atomic E-state index is -1.24. The van der Waals surface area contributed by atoms with Gasteiger partial charge in [0.25, 0.3) is 0 Å². The Labute approximate surface area is 83.7 Å². The lowest BCUT2D eigenvalue weighted by Gasteiger charge is -2.15. The first-order valence-electron chi connectivity index (χ1n) is 5.05. The van der Waals surface area contributed by atoms with Gasteiger partial charge in [-0.25, -0.2) is 0 Å². The van der Waals surface area contributed by atoms with E-state index in [0.717, 1.165) is 26.1 Å². The second-order valence-electron chi connectivity index (χ2n) is 3.50. The molecule has 0 aromatic rings. The normalized spacial score (nSPS) is 17.1. The van der Waals surface area contributed by atoms with E-state index < -0.39 is 6.29 Å². The highest BCUT2D eigenvalue weighted by atomic mass is 16.5. The third kappa shape index (κ3) is 4.04. The Morgan fingerprint density at radius 1 is 1.43 bits per heavy atom. The lowest BCUT2D eigenvalue weighted by molar-refractivity contribution is -0.127. The van der Waals surface area contributed by atoms with Gasteiger partial charge in [0.2, 0.25) is 5.91 Å². The number of aliphatic hydroxyl groups excluding tert-OH is 1. The Hall–Kier alpha value is -0.650. The maximum Gasteiger partial charge on any atom is 0.222 e. The molecule has 0 unspecified atom stereocenters. The van der Waals surface area contributed by atoms with Crippen LogP contribution in [0.5, 0.6) is 0 Å². The van der Waals surface area contributed by atoms with E-state index in [4.69, 9.17) is 10.2 Å². The lowest BCUT2D eigenvalue weighted by atomic mass is 10.4. The zero-order valence-corrected chi connectivity index (χ0v) is 8.28. The molecule has 1 amide bonds. The Balaban J connectivity index is 1.96. The number of hydrogen-bond donors (Lipinski definition) is 3. The van der Waals surface area contributed by atoms with Crippen molar-refractivity contribution in [1.29, 1.82) is 0 Å². The summed E-state index contributed by atoms with van der Waals surface area (Å²) < 4.78 is 0. The van der Waals surface area contributed by atoms with Gasteiger partial charge in [0, 0.05) is 39.0 Å². The molecular formula is C9H18N2O3. The number of carbonyl (C=O) groups is 1. The summed E-state index contributed by atoms with van der Waals surface area (Å²) in [6.45, 7) is 2.88. The molecule has 5 nitrogen and oxygen atoms in total. The predicted molar refractivity (Wildman–Crippen MR) is 51.5 cm³/mol. The third-order valence-corrected chi connectivity index (χ3v) is 2.31. The topological polar surface area (TPSA) is 72.8 Å². The molecule has 1 rings (SSSR count). The van der Waals surface area contributed by atoms with Crippen molar-refractivity contribution in [2.45, 2.75) is 25.6 Å². The fourth-order valence-electron chi connectivity index (χ4n) is 1.51. The van der Waals surface area contributed by atoms with Crippen molar-refractivity contribution in [2.24, 2.45) is 0 Å². The molecule has 0 aromatic heterocycles. The van der Waals surface area contributed by atoms with E-state index >= 15 is 0 Å². The molecule has 1 aliphatic rings. The van der Waals surface area contributed by atoms with Crippen molar-refractivity contribution in [3.05, 3.63) is 0 Å². The van der Waals surface area contributed by atoms with Crippen LogP contribution in [0.4, 0.5) is 0 Å². The van der Waals surface area contributed by atoms with E-state index in [1.54, 1.807) is 0 Å². The number of nitrogens with one attached hydrogen (secondary N) is 1. The second kappa shape index (κ2) is 5.95. The molecule has 1 fully saturated rings. The van der Waals surface area contributed by atoms with Crippen molar-refractivity contribution < 1.29 is 15.0 Å². The number of hydrogen-bond acceptors (Lipinski definition) is 4. The molecule has 3 N–H and O–H groups in total. The smallest absolute Gasteiger partial charge is 0.222 e. The molecule has 5 heteroatoms. The van der Waals surface area contributed by atoms with E-state index in [-0.39, 0.29) is 5.91 Å². The predicted octanol–water partition coefficient (Wildman–Crippen LogP) is -1.10. The van der Waals surface area contributed by atoms with E-state index in [0.29, 0.717) is 19.4 Å². The minimum absolute atomic E-state index is 0.231. The lowest BCUT2D eigenvalue weighted by Crippen LogP contribution is -2.33. The first kappa shape index (κ1) is 11.4. The molecule has 0 saturated carbocycles. The summed E-state index contributed by atoms with van der Waals surface area (Å²) in [6, 6.07) is 0. The Morgan fingerprint density at radius 2 is 2.21 bits per heavy atom. The standard InChI is InChI=1S/C9H18N2O3/c12-8-2-1-6-11(8)7-5-10-4-3-9(13)14/h9-10,13-14H,1-7H2. The molecule has 0 radical (unpaired) electrons. The highest BCUT2D eigenvalue weighted by Gasteiger charge is 2.18. The van der Waals surface area contributed by atoms with E-state index in [9.17, 15) is 4.79 Å². The molecule has 0 aromatic carbocycles. The van der Waals surface area contributed by atoms with Crippen molar-refractivity contribution in [3.8, 4) is 0 Å². The van der Waals surface area contributed by atoms with Gasteiger partial charge in [-0.3, -0.25) is 4.79 Å². The molecule has 0 bridgehead atoms. The van der Waals surface area contributed by atoms with Gasteiger partial charge in [0.1, 0.15) is 0 Å². The van der Waals surface area contributed by atoms with Crippen LogP contribution in [-0.2, 0) is 4.79 Å². The molecule has 1 aliphatic heterocycles. The molecule has 82 valence electrons. The van der Waals surface area contributed by atoms with Gasteiger partial charge in [-0.1, -0.05) is 0 Å².